The van der Waals surface area contributed by atoms with Crippen LogP contribution in [0.4, 0.5) is 0 Å². The number of nitrogens with zero attached hydrogens (tertiary/aromatic N) is 1. The van der Waals surface area contributed by atoms with E-state index in [1.165, 1.54) is 6.08 Å². The number of carbonyl (C=O) groups excluding carboxylic acids is 1. The van der Waals surface area contributed by atoms with Crippen molar-refractivity contribution in [3.63, 3.8) is 0 Å². The average Bonchev–Trinajstić information content (AvgIpc) is 2.57. The molecule has 24 heavy (non-hydrogen) atoms. The maximum Gasteiger partial charge on any atom is 0.246 e. The van der Waals surface area contributed by atoms with E-state index in [9.17, 15) is 13.2 Å². The normalized spacial score (nSPS) is 18.8. The first-order chi connectivity index (χ1) is 11.4. The highest BCUT2D eigenvalue weighted by Crippen LogP contribution is 2.18. The van der Waals surface area contributed by atoms with Crippen LogP contribution in [0.25, 0.3) is 6.08 Å². The average molecular weight is 352 g/mol. The summed E-state index contributed by atoms with van der Waals surface area (Å²) in [6.07, 6.45) is 7.16. The molecule has 6 nitrogen and oxygen atoms in total. The number of sulfonamides is 1. The number of carbonyl (C=O) groups is 1. The first-order valence-electron chi connectivity index (χ1n) is 7.96. The van der Waals surface area contributed by atoms with Crippen LogP contribution in [0.2, 0.25) is 0 Å². The zero-order chi connectivity index (χ0) is 17.6. The standard InChI is InChI=1S/C17H24N2O4S/c1-23-16-8-5-6-14(12-16)9-10-17(20)19-11-4-3-7-15(19)13-18-24(2,21)22/h5-6,8-10,12,15,18H,3-4,7,11,13H2,1-2H3. The monoisotopic (exact) mass is 352 g/mol. The highest BCUT2D eigenvalue weighted by molar-refractivity contribution is 7.88. The third-order valence-electron chi connectivity index (χ3n) is 4.00. The maximum atomic E-state index is 12.5. The molecule has 1 saturated heterocycles. The lowest BCUT2D eigenvalue weighted by Gasteiger charge is -2.35. The second kappa shape index (κ2) is 8.30. The molecule has 7 heteroatoms. The zero-order valence-corrected chi connectivity index (χ0v) is 14.9. The number of amides is 1. The second-order valence-electron chi connectivity index (χ2n) is 5.91. The Kier molecular flexibility index (Phi) is 6.39. The molecule has 1 aromatic rings. The Labute approximate surface area is 143 Å². The van der Waals surface area contributed by atoms with Gasteiger partial charge in [0, 0.05) is 25.2 Å². The van der Waals surface area contributed by atoms with Crippen LogP contribution < -0.4 is 9.46 Å². The molecule has 1 fully saturated rings. The van der Waals surface area contributed by atoms with Crippen LogP contribution in [0.15, 0.2) is 30.3 Å². The van der Waals surface area contributed by atoms with Gasteiger partial charge in [-0.25, -0.2) is 13.1 Å². The zero-order valence-electron chi connectivity index (χ0n) is 14.1. The topological polar surface area (TPSA) is 75.7 Å². The molecule has 2 rings (SSSR count). The smallest absolute Gasteiger partial charge is 0.246 e. The summed E-state index contributed by atoms with van der Waals surface area (Å²) in [4.78, 5) is 14.2. The molecule has 1 aliphatic rings. The third-order valence-corrected chi connectivity index (χ3v) is 4.69. The summed E-state index contributed by atoms with van der Waals surface area (Å²) in [5, 5.41) is 0. The van der Waals surface area contributed by atoms with Gasteiger partial charge in [0.25, 0.3) is 0 Å². The number of methoxy groups -OCH3 is 1. The van der Waals surface area contributed by atoms with Gasteiger partial charge in [0.1, 0.15) is 5.75 Å². The highest BCUT2D eigenvalue weighted by Gasteiger charge is 2.25. The van der Waals surface area contributed by atoms with Crippen LogP contribution in [0.1, 0.15) is 24.8 Å². The van der Waals surface area contributed by atoms with E-state index in [-0.39, 0.29) is 18.5 Å². The van der Waals surface area contributed by atoms with E-state index in [1.54, 1.807) is 18.1 Å². The number of benzene rings is 1. The summed E-state index contributed by atoms with van der Waals surface area (Å²) in [6.45, 7) is 0.912. The van der Waals surface area contributed by atoms with E-state index in [1.807, 2.05) is 24.3 Å². The van der Waals surface area contributed by atoms with Gasteiger partial charge in [-0.05, 0) is 43.0 Å². The summed E-state index contributed by atoms with van der Waals surface area (Å²) >= 11 is 0. The summed E-state index contributed by atoms with van der Waals surface area (Å²) in [6, 6.07) is 7.35. The van der Waals surface area contributed by atoms with Crippen molar-refractivity contribution in [2.45, 2.75) is 25.3 Å². The number of nitrogens with one attached hydrogen (secondary N) is 1. The van der Waals surface area contributed by atoms with Crippen LogP contribution in [-0.4, -0.2) is 51.7 Å². The molecule has 1 aliphatic heterocycles. The molecular formula is C17H24N2O4S. The Balaban J connectivity index is 2.03. The van der Waals surface area contributed by atoms with Crippen LogP contribution in [0.3, 0.4) is 0 Å². The van der Waals surface area contributed by atoms with Crippen LogP contribution in [0, 0.1) is 0 Å². The molecule has 0 spiro atoms. The van der Waals surface area contributed by atoms with Gasteiger partial charge in [-0.2, -0.15) is 0 Å². The van der Waals surface area contributed by atoms with Gasteiger partial charge < -0.3 is 9.64 Å². The largest absolute Gasteiger partial charge is 0.497 e. The van der Waals surface area contributed by atoms with Crippen molar-refractivity contribution in [2.75, 3.05) is 26.5 Å². The molecule has 0 aliphatic carbocycles. The van der Waals surface area contributed by atoms with Gasteiger partial charge >= 0.3 is 0 Å². The minimum Gasteiger partial charge on any atom is -0.497 e. The van der Waals surface area contributed by atoms with E-state index in [0.717, 1.165) is 36.8 Å². The first kappa shape index (κ1) is 18.5. The Bertz CT molecular complexity index is 700. The number of hydrogen-bond acceptors (Lipinski definition) is 4. The number of hydrogen-bond donors (Lipinski definition) is 1. The van der Waals surface area contributed by atoms with Crippen LogP contribution in [-0.2, 0) is 14.8 Å². The molecule has 0 bridgehead atoms. The summed E-state index contributed by atoms with van der Waals surface area (Å²) in [5.74, 6) is 0.635. The van der Waals surface area contributed by atoms with Crippen molar-refractivity contribution >= 4 is 22.0 Å². The first-order valence-corrected chi connectivity index (χ1v) is 9.85. The van der Waals surface area contributed by atoms with E-state index in [0.29, 0.717) is 6.54 Å². The van der Waals surface area contributed by atoms with Gasteiger partial charge in [0.2, 0.25) is 15.9 Å². The Morgan fingerprint density at radius 3 is 2.92 bits per heavy atom. The van der Waals surface area contributed by atoms with E-state index < -0.39 is 10.0 Å². The molecule has 1 amide bonds. The predicted molar refractivity (Wildman–Crippen MR) is 94.2 cm³/mol. The van der Waals surface area contributed by atoms with Crippen LogP contribution in [0.5, 0.6) is 5.75 Å². The number of likely N-dealkylation sites (tertiary alicyclic amines) is 1. The van der Waals surface area contributed by atoms with Crippen molar-refractivity contribution < 1.29 is 17.9 Å². The van der Waals surface area contributed by atoms with Gasteiger partial charge in [-0.15, -0.1) is 0 Å². The Morgan fingerprint density at radius 1 is 1.42 bits per heavy atom. The van der Waals surface area contributed by atoms with Gasteiger partial charge in [0.15, 0.2) is 0 Å². The number of ether oxygens (including phenoxy) is 1. The Morgan fingerprint density at radius 2 is 2.21 bits per heavy atom. The Hall–Kier alpha value is -1.86. The predicted octanol–water partition coefficient (Wildman–Crippen LogP) is 1.64. The summed E-state index contributed by atoms with van der Waals surface area (Å²) in [5.41, 5.74) is 0.880. The van der Waals surface area contributed by atoms with Gasteiger partial charge in [0.05, 0.1) is 13.4 Å². The van der Waals surface area contributed by atoms with Gasteiger partial charge in [-0.3, -0.25) is 4.79 Å². The molecule has 1 N–H and O–H groups in total. The second-order valence-corrected chi connectivity index (χ2v) is 7.74. The molecule has 1 atom stereocenters. The lowest BCUT2D eigenvalue weighted by atomic mass is 10.0. The fraction of sp³-hybridized carbons (Fsp3) is 0.471. The molecule has 132 valence electrons. The molecule has 0 radical (unpaired) electrons. The van der Waals surface area contributed by atoms with Crippen LogP contribution >= 0.6 is 0 Å². The summed E-state index contributed by atoms with van der Waals surface area (Å²) < 4.78 is 30.2. The van der Waals surface area contributed by atoms with Gasteiger partial charge in [-0.1, -0.05) is 12.1 Å². The number of piperidine rings is 1. The molecular weight excluding hydrogens is 328 g/mol. The SMILES string of the molecule is COc1cccc(C=CC(=O)N2CCCCC2CNS(C)(=O)=O)c1. The minimum atomic E-state index is -3.26. The quantitative estimate of drug-likeness (QED) is 0.790. The van der Waals surface area contributed by atoms with E-state index >= 15 is 0 Å². The van der Waals surface area contributed by atoms with Crippen molar-refractivity contribution in [1.82, 2.24) is 9.62 Å². The maximum absolute atomic E-state index is 12.5. The molecule has 1 heterocycles. The number of rotatable bonds is 6. The molecule has 1 aromatic carbocycles. The molecule has 0 aromatic heterocycles. The minimum absolute atomic E-state index is 0.0992. The fourth-order valence-corrected chi connectivity index (χ4v) is 3.25. The molecule has 1 unspecified atom stereocenters. The summed E-state index contributed by atoms with van der Waals surface area (Å²) in [7, 11) is -1.66. The van der Waals surface area contributed by atoms with Crippen molar-refractivity contribution in [1.29, 1.82) is 0 Å². The van der Waals surface area contributed by atoms with Crippen molar-refractivity contribution in [3.8, 4) is 5.75 Å². The fourth-order valence-electron chi connectivity index (χ4n) is 2.76. The lowest BCUT2D eigenvalue weighted by Crippen LogP contribution is -2.48. The van der Waals surface area contributed by atoms with Crippen molar-refractivity contribution in [3.05, 3.63) is 35.9 Å². The van der Waals surface area contributed by atoms with E-state index in [2.05, 4.69) is 4.72 Å². The van der Waals surface area contributed by atoms with E-state index in [4.69, 9.17) is 4.74 Å². The highest BCUT2D eigenvalue weighted by atomic mass is 32.2. The van der Waals surface area contributed by atoms with Crippen molar-refractivity contribution in [2.24, 2.45) is 0 Å². The lowest BCUT2D eigenvalue weighted by molar-refractivity contribution is -0.129. The third kappa shape index (κ3) is 5.65. The molecule has 0 saturated carbocycles.